The standard InChI is InChI=1S/C54H60N6O4S2/c1-3-31-59(53(63)49(41-15-7-5-8-16-41)57-51(61)43-19-11-12-20-43)35-47-55-33-45(65-47)39-27-23-37(24-28-39)38-25-29-40(30-26-38)46-34-56-48(66-46)36-60(32-4-2)54(64)50(42-17-9-6-10-18-42)58-52(62)44-21-13-14-22-44/h5-10,15-18,23-30,33-34,43-44,49-50H,3-4,11-14,19-22,31-32,35-36H2,1-2H3,(H,57,61)(H,58,62). The van der Waals surface area contributed by atoms with Gasteiger partial charge in [0.1, 0.15) is 22.1 Å². The van der Waals surface area contributed by atoms with Gasteiger partial charge in [0.2, 0.25) is 23.6 Å². The van der Waals surface area contributed by atoms with Crippen LogP contribution in [0.15, 0.2) is 122 Å². The highest BCUT2D eigenvalue weighted by molar-refractivity contribution is 7.15. The Balaban J connectivity index is 0.903. The van der Waals surface area contributed by atoms with Gasteiger partial charge in [0.05, 0.1) is 22.8 Å². The van der Waals surface area contributed by atoms with Crippen molar-refractivity contribution >= 4 is 46.3 Å². The summed E-state index contributed by atoms with van der Waals surface area (Å²) in [6, 6.07) is 34.6. The second-order valence-electron chi connectivity index (χ2n) is 17.6. The van der Waals surface area contributed by atoms with Crippen LogP contribution in [0.1, 0.15) is 111 Å². The van der Waals surface area contributed by atoms with Crippen LogP contribution < -0.4 is 10.6 Å². The maximum Gasteiger partial charge on any atom is 0.250 e. The van der Waals surface area contributed by atoms with Gasteiger partial charge in [-0.05, 0) is 71.9 Å². The van der Waals surface area contributed by atoms with Crippen LogP contribution in [0.25, 0.3) is 32.0 Å². The second-order valence-corrected chi connectivity index (χ2v) is 19.8. The number of carbonyl (C=O) groups excluding carboxylic acids is 4. The van der Waals surface area contributed by atoms with E-state index in [1.807, 2.05) is 82.9 Å². The zero-order valence-corrected chi connectivity index (χ0v) is 39.6. The van der Waals surface area contributed by atoms with Gasteiger partial charge in [-0.2, -0.15) is 0 Å². The summed E-state index contributed by atoms with van der Waals surface area (Å²) in [5.41, 5.74) is 5.87. The monoisotopic (exact) mass is 920 g/mol. The molecule has 2 fully saturated rings. The highest BCUT2D eigenvalue weighted by atomic mass is 32.1. The molecule has 0 radical (unpaired) electrons. The molecular formula is C54H60N6O4S2. The Morgan fingerprint density at radius 2 is 0.879 bits per heavy atom. The van der Waals surface area contributed by atoms with Gasteiger partial charge < -0.3 is 20.4 Å². The molecule has 8 rings (SSSR count). The molecular weight excluding hydrogens is 861 g/mol. The molecule has 2 aliphatic rings. The predicted molar refractivity (Wildman–Crippen MR) is 264 cm³/mol. The zero-order chi connectivity index (χ0) is 45.8. The molecule has 2 unspecified atom stereocenters. The quantitative estimate of drug-likeness (QED) is 0.0834. The summed E-state index contributed by atoms with van der Waals surface area (Å²) in [7, 11) is 0. The Morgan fingerprint density at radius 1 is 0.530 bits per heavy atom. The molecule has 12 heteroatoms. The Hall–Kier alpha value is -5.98. The molecule has 0 spiro atoms. The number of nitrogens with zero attached hydrogens (tertiary/aromatic N) is 4. The van der Waals surface area contributed by atoms with E-state index < -0.39 is 12.1 Å². The lowest BCUT2D eigenvalue weighted by atomic mass is 10.0. The molecule has 2 saturated carbocycles. The maximum atomic E-state index is 14.2. The van der Waals surface area contributed by atoms with Gasteiger partial charge in [-0.1, -0.05) is 149 Å². The third-order valence-corrected chi connectivity index (χ3v) is 14.9. The Labute approximate surface area is 396 Å². The molecule has 342 valence electrons. The van der Waals surface area contributed by atoms with E-state index >= 15 is 0 Å². The van der Waals surface area contributed by atoms with Gasteiger partial charge in [0.25, 0.3) is 0 Å². The summed E-state index contributed by atoms with van der Waals surface area (Å²) in [4.78, 5) is 70.2. The van der Waals surface area contributed by atoms with Crippen molar-refractivity contribution in [2.45, 2.75) is 103 Å². The molecule has 4 amide bonds. The third kappa shape index (κ3) is 11.5. The van der Waals surface area contributed by atoms with Crippen LogP contribution in [-0.4, -0.2) is 56.5 Å². The van der Waals surface area contributed by atoms with Gasteiger partial charge >= 0.3 is 0 Å². The van der Waals surface area contributed by atoms with Gasteiger partial charge in [-0.25, -0.2) is 9.97 Å². The van der Waals surface area contributed by atoms with Crippen molar-refractivity contribution in [1.82, 2.24) is 30.4 Å². The third-order valence-electron chi connectivity index (χ3n) is 12.8. The van der Waals surface area contributed by atoms with Gasteiger partial charge in [0, 0.05) is 37.3 Å². The second kappa shape index (κ2) is 22.5. The first kappa shape index (κ1) is 46.5. The van der Waals surface area contributed by atoms with Crippen molar-refractivity contribution in [3.05, 3.63) is 143 Å². The first-order valence-corrected chi connectivity index (χ1v) is 25.3. The van der Waals surface area contributed by atoms with E-state index in [9.17, 15) is 19.2 Å². The average molecular weight is 921 g/mol. The summed E-state index contributed by atoms with van der Waals surface area (Å²) in [5, 5.41) is 7.93. The first-order valence-electron chi connectivity index (χ1n) is 23.7. The molecule has 2 aliphatic carbocycles. The molecule has 66 heavy (non-hydrogen) atoms. The minimum atomic E-state index is -0.744. The van der Waals surface area contributed by atoms with Crippen LogP contribution in [0, 0.1) is 11.8 Å². The number of hydrogen-bond acceptors (Lipinski definition) is 8. The molecule has 0 aliphatic heterocycles. The van der Waals surface area contributed by atoms with Crippen LogP contribution in [0.2, 0.25) is 0 Å². The molecule has 2 atom stereocenters. The number of amides is 4. The van der Waals surface area contributed by atoms with E-state index in [1.165, 1.54) is 0 Å². The molecule has 10 nitrogen and oxygen atoms in total. The number of carbonyl (C=O) groups is 4. The molecule has 2 N–H and O–H groups in total. The Kier molecular flexibility index (Phi) is 15.9. The molecule has 6 aromatic rings. The van der Waals surface area contributed by atoms with E-state index in [1.54, 1.807) is 22.7 Å². The molecule has 0 saturated heterocycles. The fourth-order valence-electron chi connectivity index (χ4n) is 9.22. The number of aromatic nitrogens is 2. The predicted octanol–water partition coefficient (Wildman–Crippen LogP) is 11.2. The minimum Gasteiger partial charge on any atom is -0.340 e. The number of hydrogen-bond donors (Lipinski definition) is 2. The Morgan fingerprint density at radius 3 is 1.23 bits per heavy atom. The molecule has 2 heterocycles. The van der Waals surface area contributed by atoms with E-state index in [2.05, 4.69) is 73.0 Å². The van der Waals surface area contributed by atoms with Crippen LogP contribution in [-0.2, 0) is 32.3 Å². The normalized spacial score (nSPS) is 15.0. The van der Waals surface area contributed by atoms with Crippen LogP contribution in [0.4, 0.5) is 0 Å². The summed E-state index contributed by atoms with van der Waals surface area (Å²) >= 11 is 3.16. The lowest BCUT2D eigenvalue weighted by Gasteiger charge is -2.28. The summed E-state index contributed by atoms with van der Waals surface area (Å²) in [6.45, 7) is 5.98. The Bertz CT molecular complexity index is 2350. The maximum absolute atomic E-state index is 14.2. The van der Waals surface area contributed by atoms with Crippen molar-refractivity contribution in [3.8, 4) is 32.0 Å². The fraction of sp³-hybridized carbons (Fsp3) is 0.370. The van der Waals surface area contributed by atoms with Crippen molar-refractivity contribution < 1.29 is 19.2 Å². The van der Waals surface area contributed by atoms with E-state index in [4.69, 9.17) is 9.97 Å². The van der Waals surface area contributed by atoms with E-state index in [0.717, 1.165) is 117 Å². The van der Waals surface area contributed by atoms with E-state index in [-0.39, 0.29) is 35.5 Å². The van der Waals surface area contributed by atoms with Crippen molar-refractivity contribution in [1.29, 1.82) is 0 Å². The summed E-state index contributed by atoms with van der Waals surface area (Å²) in [5.74, 6) is -0.370. The van der Waals surface area contributed by atoms with Crippen LogP contribution >= 0.6 is 22.7 Å². The molecule has 4 aromatic carbocycles. The van der Waals surface area contributed by atoms with Crippen molar-refractivity contribution in [2.24, 2.45) is 11.8 Å². The van der Waals surface area contributed by atoms with Gasteiger partial charge in [-0.15, -0.1) is 22.7 Å². The smallest absolute Gasteiger partial charge is 0.250 e. The SMILES string of the molecule is CCCN(Cc1ncc(-c2ccc(-c3ccc(-c4cnc(CN(CCC)C(=O)C(NC(=O)C5CCCC5)c5ccccc5)s4)cc3)cc2)s1)C(=O)C(NC(=O)C1CCCC1)c1ccccc1. The van der Waals surface area contributed by atoms with Crippen LogP contribution in [0.3, 0.4) is 0 Å². The van der Waals surface area contributed by atoms with Crippen LogP contribution in [0.5, 0.6) is 0 Å². The molecule has 0 bridgehead atoms. The fourth-order valence-corrected chi connectivity index (χ4v) is 11.1. The summed E-state index contributed by atoms with van der Waals surface area (Å²) in [6.07, 6.45) is 13.0. The lowest BCUT2D eigenvalue weighted by Crippen LogP contribution is -2.44. The van der Waals surface area contributed by atoms with Crippen molar-refractivity contribution in [3.63, 3.8) is 0 Å². The topological polar surface area (TPSA) is 125 Å². The van der Waals surface area contributed by atoms with Gasteiger partial charge in [-0.3, -0.25) is 19.2 Å². The number of thiazole rings is 2. The summed E-state index contributed by atoms with van der Waals surface area (Å²) < 4.78 is 0. The highest BCUT2D eigenvalue weighted by Crippen LogP contribution is 2.34. The van der Waals surface area contributed by atoms with Crippen molar-refractivity contribution in [2.75, 3.05) is 13.1 Å². The first-order chi connectivity index (χ1) is 32.3. The van der Waals surface area contributed by atoms with Gasteiger partial charge in [0.15, 0.2) is 0 Å². The number of benzene rings is 4. The largest absolute Gasteiger partial charge is 0.340 e. The minimum absolute atomic E-state index is 0.0346. The number of nitrogens with one attached hydrogen (secondary N) is 2. The average Bonchev–Trinajstić information content (AvgIpc) is 4.22. The lowest BCUT2D eigenvalue weighted by molar-refractivity contribution is -0.138. The molecule has 2 aromatic heterocycles. The number of rotatable bonds is 19. The highest BCUT2D eigenvalue weighted by Gasteiger charge is 2.33. The zero-order valence-electron chi connectivity index (χ0n) is 38.0. The van der Waals surface area contributed by atoms with E-state index in [0.29, 0.717) is 26.2 Å².